The first kappa shape index (κ1) is 14.8. The number of alkyl halides is 3. The number of halogens is 3. The highest BCUT2D eigenvalue weighted by Crippen LogP contribution is 2.32. The van der Waals surface area contributed by atoms with E-state index in [9.17, 15) is 13.2 Å². The lowest BCUT2D eigenvalue weighted by Gasteiger charge is -2.13. The van der Waals surface area contributed by atoms with Gasteiger partial charge in [0.05, 0.1) is 16.6 Å². The summed E-state index contributed by atoms with van der Waals surface area (Å²) in [5.74, 6) is 0.829. The molecule has 0 amide bonds. The molecule has 2 N–H and O–H groups in total. The van der Waals surface area contributed by atoms with Gasteiger partial charge in [-0.2, -0.15) is 13.2 Å². The van der Waals surface area contributed by atoms with E-state index in [-0.39, 0.29) is 5.92 Å². The van der Waals surface area contributed by atoms with E-state index < -0.39 is 11.7 Å². The zero-order chi connectivity index (χ0) is 14.9. The minimum Gasteiger partial charge on any atom is -0.331 e. The van der Waals surface area contributed by atoms with E-state index in [4.69, 9.17) is 5.73 Å². The van der Waals surface area contributed by atoms with Crippen LogP contribution in [0.25, 0.3) is 11.0 Å². The van der Waals surface area contributed by atoms with Gasteiger partial charge in [0.15, 0.2) is 0 Å². The zero-order valence-corrected chi connectivity index (χ0v) is 11.5. The molecule has 2 rings (SSSR count). The Morgan fingerprint density at radius 1 is 1.35 bits per heavy atom. The van der Waals surface area contributed by atoms with Crippen molar-refractivity contribution in [2.24, 2.45) is 12.8 Å². The van der Waals surface area contributed by atoms with E-state index in [0.29, 0.717) is 17.6 Å². The molecule has 0 saturated carbocycles. The summed E-state index contributed by atoms with van der Waals surface area (Å²) in [6.45, 7) is 2.49. The maximum atomic E-state index is 12.7. The Kier molecular flexibility index (Phi) is 4.04. The van der Waals surface area contributed by atoms with Crippen LogP contribution in [0, 0.1) is 0 Å². The summed E-state index contributed by atoms with van der Waals surface area (Å²) >= 11 is 0. The van der Waals surface area contributed by atoms with Gasteiger partial charge in [-0.05, 0) is 24.6 Å². The SMILES string of the molecule is CCCC(CN)c1nc2cc(C(F)(F)F)ccc2n1C. The molecule has 0 spiro atoms. The van der Waals surface area contributed by atoms with Gasteiger partial charge in [0.1, 0.15) is 5.82 Å². The summed E-state index contributed by atoms with van der Waals surface area (Å²) in [6.07, 6.45) is -2.51. The van der Waals surface area contributed by atoms with Gasteiger partial charge in [-0.15, -0.1) is 0 Å². The van der Waals surface area contributed by atoms with E-state index in [1.54, 1.807) is 0 Å². The Morgan fingerprint density at radius 2 is 2.05 bits per heavy atom. The third kappa shape index (κ3) is 2.65. The number of aryl methyl sites for hydroxylation is 1. The van der Waals surface area contributed by atoms with Crippen LogP contribution >= 0.6 is 0 Å². The monoisotopic (exact) mass is 285 g/mol. The molecular formula is C14H18F3N3. The van der Waals surface area contributed by atoms with E-state index in [2.05, 4.69) is 4.98 Å². The lowest BCUT2D eigenvalue weighted by molar-refractivity contribution is -0.137. The normalized spacial score (nSPS) is 13.9. The maximum absolute atomic E-state index is 12.7. The Hall–Kier alpha value is -1.56. The van der Waals surface area contributed by atoms with E-state index in [1.807, 2.05) is 18.5 Å². The molecule has 2 aromatic rings. The Labute approximate surface area is 115 Å². The van der Waals surface area contributed by atoms with E-state index in [0.717, 1.165) is 30.8 Å². The smallest absolute Gasteiger partial charge is 0.331 e. The number of imidazole rings is 1. The van der Waals surface area contributed by atoms with Crippen LogP contribution in [-0.2, 0) is 13.2 Å². The van der Waals surface area contributed by atoms with Crippen molar-refractivity contribution in [3.8, 4) is 0 Å². The summed E-state index contributed by atoms with van der Waals surface area (Å²) in [5.41, 5.74) is 6.14. The van der Waals surface area contributed by atoms with E-state index >= 15 is 0 Å². The average Bonchev–Trinajstić information content (AvgIpc) is 2.72. The largest absolute Gasteiger partial charge is 0.416 e. The summed E-state index contributed by atoms with van der Waals surface area (Å²) in [7, 11) is 1.82. The van der Waals surface area contributed by atoms with Crippen molar-refractivity contribution >= 4 is 11.0 Å². The summed E-state index contributed by atoms with van der Waals surface area (Å²) < 4.78 is 40.0. The number of fused-ring (bicyclic) bond motifs is 1. The quantitative estimate of drug-likeness (QED) is 0.935. The number of nitrogens with two attached hydrogens (primary N) is 1. The van der Waals surface area contributed by atoms with Gasteiger partial charge in [0, 0.05) is 19.5 Å². The van der Waals surface area contributed by atoms with Gasteiger partial charge in [0.25, 0.3) is 0 Å². The minimum absolute atomic E-state index is 0.0757. The molecule has 110 valence electrons. The molecule has 0 aliphatic carbocycles. The molecule has 0 radical (unpaired) electrons. The van der Waals surface area contributed by atoms with Gasteiger partial charge in [-0.25, -0.2) is 4.98 Å². The van der Waals surface area contributed by atoms with Crippen LogP contribution in [-0.4, -0.2) is 16.1 Å². The molecule has 1 unspecified atom stereocenters. The molecular weight excluding hydrogens is 267 g/mol. The fourth-order valence-corrected chi connectivity index (χ4v) is 2.46. The van der Waals surface area contributed by atoms with Crippen LogP contribution in [0.5, 0.6) is 0 Å². The molecule has 1 heterocycles. The highest BCUT2D eigenvalue weighted by molar-refractivity contribution is 5.77. The van der Waals surface area contributed by atoms with Crippen molar-refractivity contribution in [2.45, 2.75) is 31.9 Å². The van der Waals surface area contributed by atoms with Crippen LogP contribution in [0.4, 0.5) is 13.2 Å². The van der Waals surface area contributed by atoms with Gasteiger partial charge in [-0.1, -0.05) is 13.3 Å². The first-order chi connectivity index (χ1) is 9.38. The van der Waals surface area contributed by atoms with Crippen molar-refractivity contribution in [3.63, 3.8) is 0 Å². The second kappa shape index (κ2) is 5.44. The third-order valence-corrected chi connectivity index (χ3v) is 3.53. The van der Waals surface area contributed by atoms with Crippen LogP contribution < -0.4 is 5.73 Å². The van der Waals surface area contributed by atoms with Crippen molar-refractivity contribution < 1.29 is 13.2 Å². The molecule has 0 aliphatic heterocycles. The van der Waals surface area contributed by atoms with Gasteiger partial charge >= 0.3 is 6.18 Å². The summed E-state index contributed by atoms with van der Waals surface area (Å²) in [5, 5.41) is 0. The highest BCUT2D eigenvalue weighted by atomic mass is 19.4. The summed E-state index contributed by atoms with van der Waals surface area (Å²) in [4.78, 5) is 4.36. The predicted octanol–water partition coefficient (Wildman–Crippen LogP) is 3.43. The second-order valence-corrected chi connectivity index (χ2v) is 4.95. The van der Waals surface area contributed by atoms with Gasteiger partial charge in [0.2, 0.25) is 0 Å². The third-order valence-electron chi connectivity index (χ3n) is 3.53. The number of rotatable bonds is 4. The molecule has 6 heteroatoms. The predicted molar refractivity (Wildman–Crippen MR) is 72.4 cm³/mol. The van der Waals surface area contributed by atoms with Crippen LogP contribution in [0.2, 0.25) is 0 Å². The molecule has 0 saturated heterocycles. The molecule has 20 heavy (non-hydrogen) atoms. The van der Waals surface area contributed by atoms with Crippen LogP contribution in [0.1, 0.15) is 37.1 Å². The molecule has 1 aromatic carbocycles. The Morgan fingerprint density at radius 3 is 2.60 bits per heavy atom. The molecule has 1 aromatic heterocycles. The Balaban J connectivity index is 2.51. The molecule has 0 bridgehead atoms. The number of nitrogens with zero attached hydrogens (tertiary/aromatic N) is 2. The number of hydrogen-bond acceptors (Lipinski definition) is 2. The first-order valence-electron chi connectivity index (χ1n) is 6.62. The maximum Gasteiger partial charge on any atom is 0.416 e. The van der Waals surface area contributed by atoms with Crippen molar-refractivity contribution in [2.75, 3.05) is 6.54 Å². The second-order valence-electron chi connectivity index (χ2n) is 4.95. The van der Waals surface area contributed by atoms with Crippen LogP contribution in [0.15, 0.2) is 18.2 Å². The molecule has 0 aliphatic rings. The van der Waals surface area contributed by atoms with Crippen LogP contribution in [0.3, 0.4) is 0 Å². The fourth-order valence-electron chi connectivity index (χ4n) is 2.46. The number of benzene rings is 1. The topological polar surface area (TPSA) is 43.8 Å². The first-order valence-corrected chi connectivity index (χ1v) is 6.62. The molecule has 0 fully saturated rings. The van der Waals surface area contributed by atoms with Crippen molar-refractivity contribution in [1.29, 1.82) is 0 Å². The van der Waals surface area contributed by atoms with Gasteiger partial charge in [-0.3, -0.25) is 0 Å². The number of hydrogen-bond donors (Lipinski definition) is 1. The van der Waals surface area contributed by atoms with Crippen molar-refractivity contribution in [3.05, 3.63) is 29.6 Å². The number of aromatic nitrogens is 2. The lowest BCUT2D eigenvalue weighted by atomic mass is 10.0. The standard InChI is InChI=1S/C14H18F3N3/c1-3-4-9(8-18)13-19-11-7-10(14(15,16)17)5-6-12(11)20(13)2/h5-7,9H,3-4,8,18H2,1-2H3. The summed E-state index contributed by atoms with van der Waals surface area (Å²) in [6, 6.07) is 3.65. The van der Waals surface area contributed by atoms with E-state index in [1.165, 1.54) is 6.07 Å². The lowest BCUT2D eigenvalue weighted by Crippen LogP contribution is -2.16. The van der Waals surface area contributed by atoms with Gasteiger partial charge < -0.3 is 10.3 Å². The zero-order valence-electron chi connectivity index (χ0n) is 11.5. The minimum atomic E-state index is -4.34. The van der Waals surface area contributed by atoms with Crippen molar-refractivity contribution in [1.82, 2.24) is 9.55 Å². The molecule has 3 nitrogen and oxygen atoms in total. The highest BCUT2D eigenvalue weighted by Gasteiger charge is 2.31. The molecule has 1 atom stereocenters. The Bertz CT molecular complexity index is 601. The average molecular weight is 285 g/mol. The fraction of sp³-hybridized carbons (Fsp3) is 0.500.